The lowest BCUT2D eigenvalue weighted by atomic mass is 9.95. The van der Waals surface area contributed by atoms with Gasteiger partial charge in [0.2, 0.25) is 0 Å². The number of amides is 1. The number of hydrogen-bond donors (Lipinski definition) is 2. The number of carbonyl (C=O) groups is 1. The predicted octanol–water partition coefficient (Wildman–Crippen LogP) is 2.04. The number of nitrogens with zero attached hydrogens (tertiary/aromatic N) is 1. The van der Waals surface area contributed by atoms with Gasteiger partial charge in [-0.15, -0.1) is 0 Å². The molecule has 2 aromatic rings. The number of hydrogen-bond acceptors (Lipinski definition) is 3. The summed E-state index contributed by atoms with van der Waals surface area (Å²) in [6.45, 7) is 4.07. The zero-order chi connectivity index (χ0) is 17.2. The molecule has 0 radical (unpaired) electrons. The SMILES string of the molecule is C[C@H](C(=O)NC1CCCC1)[NH+]1CCC(c2nc3ccccc3o2)CC1. The van der Waals surface area contributed by atoms with Crippen molar-refractivity contribution in [2.75, 3.05) is 13.1 Å². The molecule has 0 bridgehead atoms. The van der Waals surface area contributed by atoms with E-state index in [1.54, 1.807) is 0 Å². The molecular weight excluding hydrogens is 314 g/mol. The highest BCUT2D eigenvalue weighted by molar-refractivity contribution is 5.80. The molecule has 1 amide bonds. The van der Waals surface area contributed by atoms with E-state index in [1.165, 1.54) is 17.7 Å². The van der Waals surface area contributed by atoms with Crippen LogP contribution in [0.15, 0.2) is 28.7 Å². The Morgan fingerprint density at radius 2 is 1.92 bits per heavy atom. The molecule has 2 aliphatic rings. The third kappa shape index (κ3) is 3.56. The molecular formula is C20H28N3O2+. The number of aromatic nitrogens is 1. The lowest BCUT2D eigenvalue weighted by Gasteiger charge is -2.32. The van der Waals surface area contributed by atoms with Crippen molar-refractivity contribution in [3.8, 4) is 0 Å². The molecule has 1 aliphatic carbocycles. The van der Waals surface area contributed by atoms with Crippen LogP contribution in [0.3, 0.4) is 0 Å². The summed E-state index contributed by atoms with van der Waals surface area (Å²) in [5, 5.41) is 3.25. The van der Waals surface area contributed by atoms with Gasteiger partial charge < -0.3 is 14.6 Å². The molecule has 5 nitrogen and oxygen atoms in total. The van der Waals surface area contributed by atoms with Crippen molar-refractivity contribution in [1.82, 2.24) is 10.3 Å². The van der Waals surface area contributed by atoms with Gasteiger partial charge in [0, 0.05) is 24.8 Å². The first kappa shape index (κ1) is 16.6. The van der Waals surface area contributed by atoms with Gasteiger partial charge in [0.05, 0.1) is 13.1 Å². The van der Waals surface area contributed by atoms with Crippen molar-refractivity contribution >= 4 is 17.0 Å². The summed E-state index contributed by atoms with van der Waals surface area (Å²) < 4.78 is 5.94. The predicted molar refractivity (Wildman–Crippen MR) is 96.5 cm³/mol. The first-order valence-electron chi connectivity index (χ1n) is 9.71. The van der Waals surface area contributed by atoms with Gasteiger partial charge in [-0.25, -0.2) is 4.98 Å². The molecule has 0 unspecified atom stereocenters. The van der Waals surface area contributed by atoms with Crippen molar-refractivity contribution in [1.29, 1.82) is 0 Å². The lowest BCUT2D eigenvalue weighted by molar-refractivity contribution is -0.919. The Bertz CT molecular complexity index is 694. The number of fused-ring (bicyclic) bond motifs is 1. The van der Waals surface area contributed by atoms with Crippen LogP contribution in [0.5, 0.6) is 0 Å². The number of piperidine rings is 1. The van der Waals surface area contributed by atoms with Crippen LogP contribution in [0.1, 0.15) is 57.3 Å². The van der Waals surface area contributed by atoms with Crippen LogP contribution in [0.4, 0.5) is 0 Å². The molecule has 4 rings (SSSR count). The number of quaternary nitrogens is 1. The maximum absolute atomic E-state index is 12.5. The molecule has 25 heavy (non-hydrogen) atoms. The van der Waals surface area contributed by atoms with Gasteiger partial charge in [0.25, 0.3) is 5.91 Å². The number of carbonyl (C=O) groups excluding carboxylic acids is 1. The average Bonchev–Trinajstić information content (AvgIpc) is 3.30. The summed E-state index contributed by atoms with van der Waals surface area (Å²) in [4.78, 5) is 18.6. The highest BCUT2D eigenvalue weighted by Crippen LogP contribution is 2.27. The number of rotatable bonds is 4. The molecule has 2 heterocycles. The quantitative estimate of drug-likeness (QED) is 0.894. The van der Waals surface area contributed by atoms with Crippen molar-refractivity contribution in [3.05, 3.63) is 30.2 Å². The van der Waals surface area contributed by atoms with E-state index in [9.17, 15) is 4.79 Å². The third-order valence-corrected chi connectivity index (χ3v) is 5.99. The number of nitrogens with one attached hydrogen (secondary N) is 2. The van der Waals surface area contributed by atoms with E-state index in [2.05, 4.69) is 17.2 Å². The molecule has 2 fully saturated rings. The summed E-state index contributed by atoms with van der Waals surface area (Å²) in [6.07, 6.45) is 6.86. The largest absolute Gasteiger partial charge is 0.440 e. The van der Waals surface area contributed by atoms with E-state index in [4.69, 9.17) is 4.42 Å². The van der Waals surface area contributed by atoms with Crippen LogP contribution in [0.2, 0.25) is 0 Å². The number of oxazole rings is 1. The summed E-state index contributed by atoms with van der Waals surface area (Å²) in [6, 6.07) is 8.39. The summed E-state index contributed by atoms with van der Waals surface area (Å²) in [5.74, 6) is 1.46. The van der Waals surface area contributed by atoms with Gasteiger partial charge in [-0.3, -0.25) is 4.79 Å². The van der Waals surface area contributed by atoms with E-state index >= 15 is 0 Å². The summed E-state index contributed by atoms with van der Waals surface area (Å²) in [7, 11) is 0. The normalized spacial score (nSPS) is 26.0. The van der Waals surface area contributed by atoms with Gasteiger partial charge in [0.15, 0.2) is 17.5 Å². The summed E-state index contributed by atoms with van der Waals surface area (Å²) in [5.41, 5.74) is 1.81. The van der Waals surface area contributed by atoms with Crippen LogP contribution in [-0.2, 0) is 4.79 Å². The van der Waals surface area contributed by atoms with Gasteiger partial charge >= 0.3 is 0 Å². The number of para-hydroxylation sites is 2. The fourth-order valence-corrected chi connectivity index (χ4v) is 4.31. The van der Waals surface area contributed by atoms with Crippen molar-refractivity contribution in [2.45, 2.75) is 63.5 Å². The molecule has 5 heteroatoms. The fourth-order valence-electron chi connectivity index (χ4n) is 4.31. The molecule has 134 valence electrons. The second kappa shape index (κ2) is 7.16. The Hall–Kier alpha value is -1.88. The van der Waals surface area contributed by atoms with Gasteiger partial charge in [-0.2, -0.15) is 0 Å². The Kier molecular flexibility index (Phi) is 4.75. The van der Waals surface area contributed by atoms with Crippen LogP contribution in [0, 0.1) is 0 Å². The summed E-state index contributed by atoms with van der Waals surface area (Å²) >= 11 is 0. The van der Waals surface area contributed by atoms with Crippen molar-refractivity contribution in [3.63, 3.8) is 0 Å². The first-order valence-corrected chi connectivity index (χ1v) is 9.71. The van der Waals surface area contributed by atoms with E-state index in [-0.39, 0.29) is 11.9 Å². The fraction of sp³-hybridized carbons (Fsp3) is 0.600. The second-order valence-electron chi connectivity index (χ2n) is 7.66. The van der Waals surface area contributed by atoms with Crippen LogP contribution < -0.4 is 10.2 Å². The zero-order valence-electron chi connectivity index (χ0n) is 15.0. The third-order valence-electron chi connectivity index (χ3n) is 5.99. The van der Waals surface area contributed by atoms with E-state index in [0.717, 1.165) is 55.8 Å². The highest BCUT2D eigenvalue weighted by atomic mass is 16.3. The average molecular weight is 342 g/mol. The smallest absolute Gasteiger partial charge is 0.278 e. The molecule has 1 saturated heterocycles. The Labute approximate surface area is 148 Å². The standard InChI is InChI=1S/C20H27N3O2/c1-14(19(24)21-16-6-2-3-7-16)23-12-10-15(11-13-23)20-22-17-8-4-5-9-18(17)25-20/h4-5,8-9,14-16H,2-3,6-7,10-13H2,1H3,(H,21,24)/p+1/t14-/m1/s1. The molecule has 1 aromatic carbocycles. The molecule has 2 N–H and O–H groups in total. The topological polar surface area (TPSA) is 59.6 Å². The Morgan fingerprint density at radius 3 is 2.64 bits per heavy atom. The highest BCUT2D eigenvalue weighted by Gasteiger charge is 2.33. The maximum Gasteiger partial charge on any atom is 0.278 e. The minimum absolute atomic E-state index is 0.0326. The first-order chi connectivity index (χ1) is 12.2. The number of benzene rings is 1. The molecule has 1 saturated carbocycles. The van der Waals surface area contributed by atoms with Gasteiger partial charge in [-0.1, -0.05) is 25.0 Å². The monoisotopic (exact) mass is 342 g/mol. The van der Waals surface area contributed by atoms with Crippen molar-refractivity contribution in [2.24, 2.45) is 0 Å². The van der Waals surface area contributed by atoms with Gasteiger partial charge in [-0.05, 0) is 31.9 Å². The minimum atomic E-state index is 0.0326. The van der Waals surface area contributed by atoms with E-state index in [0.29, 0.717) is 12.0 Å². The lowest BCUT2D eigenvalue weighted by Crippen LogP contribution is -3.17. The van der Waals surface area contributed by atoms with Crippen LogP contribution in [-0.4, -0.2) is 36.1 Å². The second-order valence-corrected chi connectivity index (χ2v) is 7.66. The molecule has 1 atom stereocenters. The van der Waals surface area contributed by atoms with Crippen LogP contribution >= 0.6 is 0 Å². The van der Waals surface area contributed by atoms with E-state index < -0.39 is 0 Å². The van der Waals surface area contributed by atoms with E-state index in [1.807, 2.05) is 24.3 Å². The molecule has 0 spiro atoms. The zero-order valence-corrected chi connectivity index (χ0v) is 15.0. The molecule has 1 aromatic heterocycles. The number of likely N-dealkylation sites (tertiary alicyclic amines) is 1. The molecule has 1 aliphatic heterocycles. The van der Waals surface area contributed by atoms with Gasteiger partial charge in [0.1, 0.15) is 5.52 Å². The Balaban J connectivity index is 1.33. The Morgan fingerprint density at radius 1 is 1.20 bits per heavy atom. The van der Waals surface area contributed by atoms with Crippen LogP contribution in [0.25, 0.3) is 11.1 Å². The minimum Gasteiger partial charge on any atom is -0.440 e. The van der Waals surface area contributed by atoms with Crippen molar-refractivity contribution < 1.29 is 14.1 Å². The maximum atomic E-state index is 12.5.